The number of rotatable bonds is 8. The first kappa shape index (κ1) is 28.0. The van der Waals surface area contributed by atoms with Gasteiger partial charge in [0.05, 0.1) is 5.69 Å². The van der Waals surface area contributed by atoms with Gasteiger partial charge in [-0.25, -0.2) is 13.2 Å². The number of hydrogen-bond donors (Lipinski definition) is 0. The van der Waals surface area contributed by atoms with Crippen LogP contribution in [0.25, 0.3) is 6.08 Å². The molecule has 6 aromatic rings. The minimum Gasteiger partial charge on any atom is -0.308 e. The van der Waals surface area contributed by atoms with Gasteiger partial charge in [0, 0.05) is 11.4 Å². The summed E-state index contributed by atoms with van der Waals surface area (Å²) in [5.41, 5.74) is 4.48. The molecule has 43 heavy (non-hydrogen) atoms. The van der Waals surface area contributed by atoms with Crippen LogP contribution in [0, 0.1) is 17.5 Å². The highest BCUT2D eigenvalue weighted by atomic mass is 28.3. The lowest BCUT2D eigenvalue weighted by molar-refractivity contribution is 0.448. The fraction of sp³-hybridized carbons (Fsp3) is 0. The monoisotopic (exact) mass is 583 g/mol. The van der Waals surface area contributed by atoms with Crippen LogP contribution < -0.4 is 20.5 Å². The predicted octanol–water partition coefficient (Wildman–Crippen LogP) is 8.30. The predicted molar refractivity (Wildman–Crippen MR) is 174 cm³/mol. The Kier molecular flexibility index (Phi) is 8.07. The lowest BCUT2D eigenvalue weighted by Gasteiger charge is -2.30. The molecule has 0 aliphatic rings. The summed E-state index contributed by atoms with van der Waals surface area (Å²) in [7, 11) is -2.58. The molecule has 0 N–H and O–H groups in total. The number of halogens is 3. The van der Waals surface area contributed by atoms with E-state index in [2.05, 4.69) is 84.6 Å². The van der Waals surface area contributed by atoms with E-state index in [0.29, 0.717) is 11.4 Å². The molecule has 0 radical (unpaired) electrons. The van der Waals surface area contributed by atoms with E-state index in [1.54, 1.807) is 17.0 Å². The third-order valence-corrected chi connectivity index (χ3v) is 12.0. The third kappa shape index (κ3) is 5.55. The maximum atomic E-state index is 15.0. The zero-order chi connectivity index (χ0) is 29.6. The molecule has 0 saturated heterocycles. The molecule has 6 aromatic carbocycles. The molecule has 0 aromatic heterocycles. The van der Waals surface area contributed by atoms with Gasteiger partial charge in [0.15, 0.2) is 25.5 Å². The van der Waals surface area contributed by atoms with E-state index < -0.39 is 25.5 Å². The van der Waals surface area contributed by atoms with Gasteiger partial charge < -0.3 is 4.90 Å². The van der Waals surface area contributed by atoms with Crippen molar-refractivity contribution in [1.82, 2.24) is 0 Å². The molecule has 0 fully saturated rings. The van der Waals surface area contributed by atoms with Crippen LogP contribution in [0.2, 0.25) is 0 Å². The molecule has 0 saturated carbocycles. The summed E-state index contributed by atoms with van der Waals surface area (Å²) < 4.78 is 43.1. The molecule has 1 nitrogen and oxygen atoms in total. The molecule has 0 heterocycles. The van der Waals surface area contributed by atoms with Gasteiger partial charge in [-0.1, -0.05) is 133 Å². The van der Waals surface area contributed by atoms with Gasteiger partial charge in [-0.2, -0.15) is 0 Å². The Morgan fingerprint density at radius 2 is 0.884 bits per heavy atom. The van der Waals surface area contributed by atoms with Crippen molar-refractivity contribution < 1.29 is 13.2 Å². The molecular weight excluding hydrogens is 556 g/mol. The standard InChI is InChI=1S/C38H28F3NSi/c39-35-25-26-36(38(41)37(35)40)42(30-13-5-1-6-14-30)31-23-21-29(22-24-31)27-28-43(32-15-7-2-8-16-32,33-17-9-3-10-18-33)34-19-11-4-12-20-34/h1-28H. The van der Waals surface area contributed by atoms with Crippen molar-refractivity contribution in [3.05, 3.63) is 186 Å². The van der Waals surface area contributed by atoms with Crippen molar-refractivity contribution in [2.75, 3.05) is 4.90 Å². The SMILES string of the molecule is Fc1ccc(N(c2ccccc2)c2ccc(C=C[Si](c3ccccc3)(c3ccccc3)c3ccccc3)cc2)c(F)c1F. The third-order valence-electron chi connectivity index (χ3n) is 7.63. The first-order valence-corrected chi connectivity index (χ1v) is 16.1. The second-order valence-electron chi connectivity index (χ2n) is 10.2. The second-order valence-corrected chi connectivity index (χ2v) is 13.9. The Bertz CT molecular complexity index is 1730. The molecule has 0 bridgehead atoms. The molecule has 0 amide bonds. The average molecular weight is 584 g/mol. The van der Waals surface area contributed by atoms with Crippen LogP contribution in [0.4, 0.5) is 30.2 Å². The Labute approximate surface area is 250 Å². The van der Waals surface area contributed by atoms with Crippen LogP contribution in [-0.4, -0.2) is 8.07 Å². The summed E-state index contributed by atoms with van der Waals surface area (Å²) in [6, 6.07) is 50.8. The largest absolute Gasteiger partial charge is 0.308 e. The molecule has 5 heteroatoms. The fourth-order valence-corrected chi connectivity index (χ4v) is 9.71. The Hall–Kier alpha value is -5.13. The summed E-state index contributed by atoms with van der Waals surface area (Å²) in [5, 5.41) is 3.80. The summed E-state index contributed by atoms with van der Waals surface area (Å²) in [5.74, 6) is -3.96. The summed E-state index contributed by atoms with van der Waals surface area (Å²) in [6.45, 7) is 0. The van der Waals surface area contributed by atoms with Crippen LogP contribution in [-0.2, 0) is 0 Å². The van der Waals surface area contributed by atoms with E-state index >= 15 is 4.39 Å². The molecule has 0 aliphatic carbocycles. The zero-order valence-electron chi connectivity index (χ0n) is 23.2. The van der Waals surface area contributed by atoms with Gasteiger partial charge in [-0.15, -0.1) is 0 Å². The van der Waals surface area contributed by atoms with Crippen molar-refractivity contribution in [2.24, 2.45) is 0 Å². The average Bonchev–Trinajstić information content (AvgIpc) is 3.08. The van der Waals surface area contributed by atoms with Crippen LogP contribution in [0.5, 0.6) is 0 Å². The number of anilines is 3. The minimum absolute atomic E-state index is 0.0722. The van der Waals surface area contributed by atoms with Crippen LogP contribution in [0.1, 0.15) is 5.56 Å². The highest BCUT2D eigenvalue weighted by Crippen LogP contribution is 2.37. The van der Waals surface area contributed by atoms with Crippen molar-refractivity contribution in [1.29, 1.82) is 0 Å². The van der Waals surface area contributed by atoms with E-state index in [4.69, 9.17) is 0 Å². The molecule has 0 aliphatic heterocycles. The first-order valence-electron chi connectivity index (χ1n) is 14.0. The van der Waals surface area contributed by atoms with Gasteiger partial charge in [0.25, 0.3) is 0 Å². The van der Waals surface area contributed by atoms with Crippen molar-refractivity contribution in [3.8, 4) is 0 Å². The van der Waals surface area contributed by atoms with E-state index in [9.17, 15) is 8.78 Å². The highest BCUT2D eigenvalue weighted by molar-refractivity contribution is 7.15. The minimum atomic E-state index is -2.58. The van der Waals surface area contributed by atoms with Gasteiger partial charge >= 0.3 is 0 Å². The number of para-hydroxylation sites is 1. The topological polar surface area (TPSA) is 3.24 Å². The van der Waals surface area contributed by atoms with Crippen molar-refractivity contribution >= 4 is 46.8 Å². The highest BCUT2D eigenvalue weighted by Gasteiger charge is 2.36. The lowest BCUT2D eigenvalue weighted by Crippen LogP contribution is -2.66. The smallest absolute Gasteiger partial charge is 0.196 e. The van der Waals surface area contributed by atoms with Crippen LogP contribution in [0.3, 0.4) is 0 Å². The van der Waals surface area contributed by atoms with Crippen molar-refractivity contribution in [3.63, 3.8) is 0 Å². The summed E-state index contributed by atoms with van der Waals surface area (Å²) in [6.07, 6.45) is 2.15. The fourth-order valence-electron chi connectivity index (χ4n) is 5.54. The zero-order valence-corrected chi connectivity index (χ0v) is 24.2. The number of nitrogens with zero attached hydrogens (tertiary/aromatic N) is 1. The quantitative estimate of drug-likeness (QED) is 0.0990. The van der Waals surface area contributed by atoms with E-state index in [0.717, 1.165) is 11.6 Å². The molecule has 0 unspecified atom stereocenters. The van der Waals surface area contributed by atoms with Gasteiger partial charge in [-0.05, 0) is 57.5 Å². The van der Waals surface area contributed by atoms with Gasteiger partial charge in [-0.3, -0.25) is 0 Å². The first-order chi connectivity index (χ1) is 21.1. The van der Waals surface area contributed by atoms with Crippen LogP contribution in [0.15, 0.2) is 163 Å². The molecular formula is C38H28F3NSi. The van der Waals surface area contributed by atoms with E-state index in [1.165, 1.54) is 21.6 Å². The Morgan fingerprint density at radius 3 is 1.37 bits per heavy atom. The number of benzene rings is 6. The Morgan fingerprint density at radius 1 is 0.442 bits per heavy atom. The maximum absolute atomic E-state index is 15.0. The molecule has 210 valence electrons. The summed E-state index contributed by atoms with van der Waals surface area (Å²) in [4.78, 5) is 1.59. The lowest BCUT2D eigenvalue weighted by atomic mass is 10.1. The maximum Gasteiger partial charge on any atom is 0.196 e. The normalized spacial score (nSPS) is 11.5. The number of hydrogen-bond acceptors (Lipinski definition) is 1. The van der Waals surface area contributed by atoms with E-state index in [1.807, 2.05) is 60.7 Å². The van der Waals surface area contributed by atoms with E-state index in [-0.39, 0.29) is 5.69 Å². The molecule has 0 spiro atoms. The van der Waals surface area contributed by atoms with Crippen molar-refractivity contribution in [2.45, 2.75) is 0 Å². The second kappa shape index (κ2) is 12.4. The Balaban J connectivity index is 1.45. The molecule has 6 rings (SSSR count). The van der Waals surface area contributed by atoms with Crippen LogP contribution >= 0.6 is 0 Å². The summed E-state index contributed by atoms with van der Waals surface area (Å²) >= 11 is 0. The van der Waals surface area contributed by atoms with Gasteiger partial charge in [0.1, 0.15) is 0 Å². The van der Waals surface area contributed by atoms with Gasteiger partial charge in [0.2, 0.25) is 0 Å². The molecule has 0 atom stereocenters.